The summed E-state index contributed by atoms with van der Waals surface area (Å²) in [5, 5.41) is 12.9. The highest BCUT2D eigenvalue weighted by Crippen LogP contribution is 2.59. The van der Waals surface area contributed by atoms with E-state index in [1.807, 2.05) is 18.2 Å². The van der Waals surface area contributed by atoms with Crippen LogP contribution in [0.15, 0.2) is 48.5 Å². The minimum atomic E-state index is -0.238. The van der Waals surface area contributed by atoms with Crippen LogP contribution in [0.2, 0.25) is 5.02 Å². The molecule has 0 aromatic heterocycles. The van der Waals surface area contributed by atoms with E-state index in [0.29, 0.717) is 23.9 Å². The summed E-state index contributed by atoms with van der Waals surface area (Å²) in [5.41, 5.74) is 8.11. The van der Waals surface area contributed by atoms with Crippen LogP contribution in [0.25, 0.3) is 0 Å². The summed E-state index contributed by atoms with van der Waals surface area (Å²) in [5.74, 6) is 0.446. The zero-order chi connectivity index (χ0) is 18.9. The van der Waals surface area contributed by atoms with Crippen molar-refractivity contribution in [2.45, 2.75) is 31.7 Å². The van der Waals surface area contributed by atoms with Gasteiger partial charge in [0.15, 0.2) is 0 Å². The van der Waals surface area contributed by atoms with E-state index in [9.17, 15) is 9.90 Å². The van der Waals surface area contributed by atoms with E-state index in [-0.39, 0.29) is 29.0 Å². The number of phenols is 1. The largest absolute Gasteiger partial charge is 0.508 e. The minimum absolute atomic E-state index is 0.0330. The highest BCUT2D eigenvalue weighted by Gasteiger charge is 2.62. The summed E-state index contributed by atoms with van der Waals surface area (Å²) in [6.07, 6.45) is 0.537. The molecule has 0 aliphatic heterocycles. The average molecular weight is 373 g/mol. The van der Waals surface area contributed by atoms with Gasteiger partial charge in [-0.05, 0) is 35.6 Å². The van der Waals surface area contributed by atoms with Gasteiger partial charge in [0.05, 0.1) is 5.92 Å². The Balaban J connectivity index is 1.56. The molecule has 1 saturated carbocycles. The molecular formula is C21H25ClN2O2. The SMILES string of the molecule is C[C@H]1[C@@H](C(=O)NC[C@@H](N)Cc2ccc(O)cc2Cl)[C@]1(C)c1ccccc1. The van der Waals surface area contributed by atoms with E-state index >= 15 is 0 Å². The second kappa shape index (κ2) is 7.29. The Hall–Kier alpha value is -2.04. The van der Waals surface area contributed by atoms with Crippen molar-refractivity contribution >= 4 is 17.5 Å². The second-order valence-corrected chi connectivity index (χ2v) is 7.81. The zero-order valence-electron chi connectivity index (χ0n) is 15.1. The zero-order valence-corrected chi connectivity index (χ0v) is 15.8. The average Bonchev–Trinajstić information content (AvgIpc) is 3.18. The molecule has 26 heavy (non-hydrogen) atoms. The fourth-order valence-electron chi connectivity index (χ4n) is 3.86. The highest BCUT2D eigenvalue weighted by molar-refractivity contribution is 6.31. The summed E-state index contributed by atoms with van der Waals surface area (Å²) < 4.78 is 0. The lowest BCUT2D eigenvalue weighted by Gasteiger charge is -2.15. The lowest BCUT2D eigenvalue weighted by molar-refractivity contribution is -0.123. The van der Waals surface area contributed by atoms with E-state index < -0.39 is 0 Å². The first-order valence-electron chi connectivity index (χ1n) is 8.90. The van der Waals surface area contributed by atoms with E-state index in [4.69, 9.17) is 17.3 Å². The molecule has 0 spiro atoms. The van der Waals surface area contributed by atoms with Crippen LogP contribution >= 0.6 is 11.6 Å². The Morgan fingerprint density at radius 3 is 2.65 bits per heavy atom. The number of amides is 1. The van der Waals surface area contributed by atoms with Gasteiger partial charge in [-0.25, -0.2) is 0 Å². The van der Waals surface area contributed by atoms with E-state index in [1.54, 1.807) is 12.1 Å². The number of hydrogen-bond donors (Lipinski definition) is 3. The number of benzene rings is 2. The summed E-state index contributed by atoms with van der Waals surface area (Å²) in [4.78, 5) is 12.6. The first-order chi connectivity index (χ1) is 12.3. The molecule has 0 saturated heterocycles. The van der Waals surface area contributed by atoms with Crippen LogP contribution < -0.4 is 11.1 Å². The number of halogens is 1. The van der Waals surface area contributed by atoms with Gasteiger partial charge in [-0.1, -0.05) is 61.8 Å². The summed E-state index contributed by atoms with van der Waals surface area (Å²) in [6.45, 7) is 4.66. The maximum absolute atomic E-state index is 12.6. The van der Waals surface area contributed by atoms with Crippen molar-refractivity contribution in [1.29, 1.82) is 0 Å². The molecular weight excluding hydrogens is 348 g/mol. The lowest BCUT2D eigenvalue weighted by Crippen LogP contribution is -2.40. The van der Waals surface area contributed by atoms with E-state index in [2.05, 4.69) is 31.3 Å². The van der Waals surface area contributed by atoms with Crippen molar-refractivity contribution in [3.8, 4) is 5.75 Å². The van der Waals surface area contributed by atoms with Gasteiger partial charge in [0, 0.05) is 23.0 Å². The summed E-state index contributed by atoms with van der Waals surface area (Å²) >= 11 is 6.12. The van der Waals surface area contributed by atoms with Gasteiger partial charge in [0.25, 0.3) is 0 Å². The monoisotopic (exact) mass is 372 g/mol. The smallest absolute Gasteiger partial charge is 0.224 e. The van der Waals surface area contributed by atoms with Gasteiger partial charge in [-0.2, -0.15) is 0 Å². The normalized spacial score (nSPS) is 25.5. The number of carbonyl (C=O) groups excluding carboxylic acids is 1. The fraction of sp³-hybridized carbons (Fsp3) is 0.381. The van der Waals surface area contributed by atoms with Gasteiger partial charge in [-0.3, -0.25) is 4.79 Å². The van der Waals surface area contributed by atoms with Crippen LogP contribution in [0.3, 0.4) is 0 Å². The fourth-order valence-corrected chi connectivity index (χ4v) is 4.12. The Kier molecular flexibility index (Phi) is 5.26. The number of carbonyl (C=O) groups is 1. The molecule has 0 bridgehead atoms. The summed E-state index contributed by atoms with van der Waals surface area (Å²) in [7, 11) is 0. The molecule has 4 nitrogen and oxygen atoms in total. The molecule has 1 amide bonds. The standard InChI is InChI=1S/C21H25ClN2O2/c1-13-19(21(13,2)15-6-4-3-5-7-15)20(26)24-12-16(23)10-14-8-9-17(25)11-18(14)22/h3-9,11,13,16,19,25H,10,12,23H2,1-2H3,(H,24,26)/t13-,16-,19-,21-/m0/s1. The lowest BCUT2D eigenvalue weighted by atomic mass is 9.94. The van der Waals surface area contributed by atoms with Crippen molar-refractivity contribution in [2.24, 2.45) is 17.6 Å². The van der Waals surface area contributed by atoms with E-state index in [0.717, 1.165) is 5.56 Å². The molecule has 4 N–H and O–H groups in total. The second-order valence-electron chi connectivity index (χ2n) is 7.40. The van der Waals surface area contributed by atoms with Gasteiger partial charge in [0.1, 0.15) is 5.75 Å². The van der Waals surface area contributed by atoms with Crippen LogP contribution in [0.5, 0.6) is 5.75 Å². The Bertz CT molecular complexity index is 796. The Morgan fingerprint density at radius 1 is 1.31 bits per heavy atom. The van der Waals surface area contributed by atoms with Crippen LogP contribution in [0.4, 0.5) is 0 Å². The Labute approximate surface area is 159 Å². The van der Waals surface area contributed by atoms with Crippen molar-refractivity contribution in [3.05, 3.63) is 64.7 Å². The molecule has 1 aliphatic carbocycles. The molecule has 5 heteroatoms. The van der Waals surface area contributed by atoms with Crippen LogP contribution in [-0.4, -0.2) is 23.6 Å². The molecule has 3 rings (SSSR count). The third-order valence-electron chi connectivity index (χ3n) is 5.72. The molecule has 2 aromatic rings. The number of rotatable bonds is 6. The first kappa shape index (κ1) is 18.7. The number of phenolic OH excluding ortho intramolecular Hbond substituents is 1. The molecule has 1 fully saturated rings. The predicted molar refractivity (Wildman–Crippen MR) is 104 cm³/mol. The Morgan fingerprint density at radius 2 is 2.00 bits per heavy atom. The summed E-state index contributed by atoms with van der Waals surface area (Å²) in [6, 6.07) is 14.8. The minimum Gasteiger partial charge on any atom is -0.508 e. The number of hydrogen-bond acceptors (Lipinski definition) is 3. The topological polar surface area (TPSA) is 75.4 Å². The van der Waals surface area contributed by atoms with Crippen molar-refractivity contribution in [1.82, 2.24) is 5.32 Å². The van der Waals surface area contributed by atoms with Crippen LogP contribution in [0.1, 0.15) is 25.0 Å². The molecule has 0 radical (unpaired) electrons. The van der Waals surface area contributed by atoms with Gasteiger partial charge >= 0.3 is 0 Å². The van der Waals surface area contributed by atoms with Crippen LogP contribution in [0, 0.1) is 11.8 Å². The van der Waals surface area contributed by atoms with Gasteiger partial charge < -0.3 is 16.2 Å². The third kappa shape index (κ3) is 3.57. The van der Waals surface area contributed by atoms with Gasteiger partial charge in [0.2, 0.25) is 5.91 Å². The molecule has 138 valence electrons. The van der Waals surface area contributed by atoms with E-state index in [1.165, 1.54) is 11.6 Å². The van der Waals surface area contributed by atoms with Crippen molar-refractivity contribution in [2.75, 3.05) is 6.54 Å². The van der Waals surface area contributed by atoms with Gasteiger partial charge in [-0.15, -0.1) is 0 Å². The maximum Gasteiger partial charge on any atom is 0.224 e. The third-order valence-corrected chi connectivity index (χ3v) is 6.07. The van der Waals surface area contributed by atoms with Crippen molar-refractivity contribution in [3.63, 3.8) is 0 Å². The quantitative estimate of drug-likeness (QED) is 0.728. The number of aromatic hydroxyl groups is 1. The first-order valence-corrected chi connectivity index (χ1v) is 9.28. The highest BCUT2D eigenvalue weighted by atomic mass is 35.5. The predicted octanol–water partition coefficient (Wildman–Crippen LogP) is 3.26. The molecule has 1 aliphatic rings. The molecule has 4 atom stereocenters. The number of nitrogens with two attached hydrogens (primary N) is 1. The molecule has 2 aromatic carbocycles. The van der Waals surface area contributed by atoms with Crippen LogP contribution in [-0.2, 0) is 16.6 Å². The number of nitrogens with one attached hydrogen (secondary N) is 1. The molecule has 0 unspecified atom stereocenters. The maximum atomic E-state index is 12.6. The molecule has 0 heterocycles. The van der Waals surface area contributed by atoms with Crippen molar-refractivity contribution < 1.29 is 9.90 Å².